The zero-order valence-electron chi connectivity index (χ0n) is 62.9. The van der Waals surface area contributed by atoms with E-state index in [1.165, 1.54) is 72.8 Å². The van der Waals surface area contributed by atoms with E-state index in [-0.39, 0.29) is 45.3 Å². The molecule has 0 aliphatic carbocycles. The molecule has 0 radical (unpaired) electrons. The topological polar surface area (TPSA) is 248 Å². The normalized spacial score (nSPS) is 12.2. The Balaban J connectivity index is 0.000000632. The van der Waals surface area contributed by atoms with E-state index in [0.29, 0.717) is 39.3 Å². The summed E-state index contributed by atoms with van der Waals surface area (Å²) in [5.74, 6) is -0.107. The quantitative estimate of drug-likeness (QED) is 0.0658. The number of nitrogen functional groups attached to an aromatic ring is 1. The van der Waals surface area contributed by atoms with Crippen LogP contribution in [0, 0.1) is 0 Å². The van der Waals surface area contributed by atoms with Crippen LogP contribution in [0.15, 0.2) is 204 Å². The lowest BCUT2D eigenvalue weighted by Crippen LogP contribution is -2.23. The summed E-state index contributed by atoms with van der Waals surface area (Å²) in [6, 6.07) is 42.0. The third-order valence-electron chi connectivity index (χ3n) is 15.8. The molecule has 1 atom stereocenters. The van der Waals surface area contributed by atoms with Gasteiger partial charge in [0.1, 0.15) is 0 Å². The molecule has 612 valence electrons. The lowest BCUT2D eigenvalue weighted by molar-refractivity contribution is -0.140. The van der Waals surface area contributed by atoms with Crippen molar-refractivity contribution in [2.45, 2.75) is 179 Å². The van der Waals surface area contributed by atoms with E-state index in [1.807, 2.05) is 69.3 Å². The van der Waals surface area contributed by atoms with Gasteiger partial charge in [0.2, 0.25) is 0 Å². The van der Waals surface area contributed by atoms with Crippen LogP contribution >= 0.6 is 11.6 Å². The van der Waals surface area contributed by atoms with E-state index in [4.69, 9.17) is 17.3 Å². The fourth-order valence-electron chi connectivity index (χ4n) is 9.04. The molecule has 2 N–H and O–H groups in total. The molecule has 0 bridgehead atoms. The number of hydrogen-bond donors (Lipinski definition) is 1. The van der Waals surface area contributed by atoms with Crippen LogP contribution in [0.1, 0.15) is 130 Å². The largest absolute Gasteiger partial charge is 0.501 e. The van der Waals surface area contributed by atoms with Gasteiger partial charge in [0.25, 0.3) is 9.84 Å². The van der Waals surface area contributed by atoms with Gasteiger partial charge in [0, 0.05) is 51.4 Å². The number of sulfone groups is 6. The lowest BCUT2D eigenvalue weighted by Gasteiger charge is -2.13. The van der Waals surface area contributed by atoms with Gasteiger partial charge >= 0.3 is 24.0 Å². The van der Waals surface area contributed by atoms with Gasteiger partial charge < -0.3 is 5.73 Å². The summed E-state index contributed by atoms with van der Waals surface area (Å²) >= 11 is 5.93. The molecule has 8 rings (SSSR count). The van der Waals surface area contributed by atoms with Crippen LogP contribution in [-0.4, -0.2) is 96.8 Å². The number of hydrogen-bond acceptors (Lipinski definition) is 14. The first-order valence-electron chi connectivity index (χ1n) is 33.6. The number of benzene rings is 8. The Kier molecular flexibility index (Phi) is 40.1. The van der Waals surface area contributed by atoms with Crippen molar-refractivity contribution in [1.82, 2.24) is 0 Å². The second-order valence-electron chi connectivity index (χ2n) is 23.7. The Labute approximate surface area is 647 Å². The van der Waals surface area contributed by atoms with Crippen molar-refractivity contribution >= 4 is 87.1 Å². The van der Waals surface area contributed by atoms with E-state index in [0.717, 1.165) is 95.8 Å². The van der Waals surface area contributed by atoms with Gasteiger partial charge in [-0.3, -0.25) is 4.21 Å². The van der Waals surface area contributed by atoms with Crippen LogP contribution in [0.3, 0.4) is 0 Å². The molecule has 0 aliphatic rings. The lowest BCUT2D eigenvalue weighted by atomic mass is 10.1. The van der Waals surface area contributed by atoms with Crippen molar-refractivity contribution in [3.8, 4) is 0 Å². The zero-order chi connectivity index (χ0) is 85.0. The number of halogens is 13. The monoisotopic (exact) mass is 1710 g/mol. The highest BCUT2D eigenvalue weighted by molar-refractivity contribution is 7.92. The molecule has 14 nitrogen and oxygen atoms in total. The van der Waals surface area contributed by atoms with Crippen LogP contribution < -0.4 is 5.73 Å². The molecule has 0 fully saturated rings. The van der Waals surface area contributed by atoms with Crippen LogP contribution in [0.4, 0.5) is 58.4 Å². The standard InChI is InChI=1S/C11H13F3O2S.C10H13ClO2S.2C10H11F3O2S.C9H9F3O2S.C9H12O2S.C9H12OS.C8H11N/c1-3-8-5-6-9(17(15,16)4-2)7-10(8)11(12,13)14;1-3-8-5-6-9(7-10(8)11)14(12,13)4-2;1-3-7-4-5-8(16(2,14)15)6-9(7)10(11,12)13;1-3-7-4-5-9(16(2,14)15)8(6-7)10(11,12)13;1-2-7-3-5-8(6-4-7)15(13,14)9(10,11)12;1-3-8-4-6-9(7-5-8)12(2,10)11;1-3-8-4-6-9(7-5-8)11(2)10;1-2-7-3-5-8(9)6-4-7/h5-7H,3-4H2,1-2H3;5-7H,3-4H2,1-2H3;2*4-6H,3H2,1-2H3;3-6H,2H2,1H3;4-7H,3H2,1-2H3;4-7H,3H2,1-2H3;3-6H,2,9H2,1H3. The Morgan fingerprint density at radius 2 is 0.636 bits per heavy atom. The average molecular weight is 1720 g/mol. The summed E-state index contributed by atoms with van der Waals surface area (Å²) in [6.45, 7) is 18.0. The Morgan fingerprint density at radius 3 is 0.936 bits per heavy atom. The van der Waals surface area contributed by atoms with E-state index in [9.17, 15) is 107 Å². The maximum Gasteiger partial charge on any atom is 0.501 e. The van der Waals surface area contributed by atoms with Crippen molar-refractivity contribution in [3.63, 3.8) is 0 Å². The second kappa shape index (κ2) is 43.8. The van der Waals surface area contributed by atoms with Crippen molar-refractivity contribution < 1.29 is 107 Å². The molecule has 0 amide bonds. The molecule has 0 aliphatic heterocycles. The smallest absolute Gasteiger partial charge is 0.399 e. The number of nitrogens with two attached hydrogens (primary N) is 1. The molecule has 0 heterocycles. The van der Waals surface area contributed by atoms with Crippen molar-refractivity contribution in [2.75, 3.05) is 42.3 Å². The maximum absolute atomic E-state index is 12.7. The van der Waals surface area contributed by atoms with Gasteiger partial charge in [0.15, 0.2) is 49.2 Å². The first-order valence-corrected chi connectivity index (χ1v) is 46.0. The minimum absolute atomic E-state index is 0.0971. The zero-order valence-corrected chi connectivity index (χ0v) is 69.4. The predicted octanol–water partition coefficient (Wildman–Crippen LogP) is 19.1. The molecule has 1 unspecified atom stereocenters. The molecule has 8 aromatic carbocycles. The van der Waals surface area contributed by atoms with Gasteiger partial charge in [-0.1, -0.05) is 154 Å². The Morgan fingerprint density at radius 1 is 0.336 bits per heavy atom. The van der Waals surface area contributed by atoms with Gasteiger partial charge in [-0.25, -0.2) is 50.5 Å². The van der Waals surface area contributed by atoms with E-state index in [1.54, 1.807) is 58.2 Å². The molecule has 34 heteroatoms. The highest BCUT2D eigenvalue weighted by atomic mass is 35.5. The fraction of sp³-hybridized carbons (Fsp3) is 0.368. The van der Waals surface area contributed by atoms with Crippen molar-refractivity contribution in [2.24, 2.45) is 0 Å². The van der Waals surface area contributed by atoms with E-state index in [2.05, 4.69) is 26.0 Å². The summed E-state index contributed by atoms with van der Waals surface area (Å²) < 4.78 is 296. The highest BCUT2D eigenvalue weighted by Crippen LogP contribution is 2.38. The average Bonchev–Trinajstić information content (AvgIpc) is 0.821. The van der Waals surface area contributed by atoms with Gasteiger partial charge in [-0.05, 0) is 193 Å². The van der Waals surface area contributed by atoms with Crippen molar-refractivity contribution in [1.29, 1.82) is 0 Å². The minimum atomic E-state index is -5.24. The fourth-order valence-corrected chi connectivity index (χ4v) is 14.7. The first-order chi connectivity index (χ1) is 50.4. The first kappa shape index (κ1) is 101. The van der Waals surface area contributed by atoms with Crippen LogP contribution in [0.25, 0.3) is 0 Å². The van der Waals surface area contributed by atoms with E-state index < -0.39 is 120 Å². The molecular weight excluding hydrogens is 1620 g/mol. The number of aryl methyl sites for hydroxylation is 8. The van der Waals surface area contributed by atoms with Crippen LogP contribution in [0.2, 0.25) is 5.02 Å². The SMILES string of the molecule is CCc1ccc(N)cc1.CCc1ccc(S(=O)(=O)C(F)(F)F)cc1.CCc1ccc(S(=O)(=O)CC)cc1C(F)(F)F.CCc1ccc(S(=O)(=O)CC)cc1Cl.CCc1ccc(S(C)(=O)=O)c(C(F)(F)F)c1.CCc1ccc(S(C)(=O)=O)cc1.CCc1ccc(S(C)(=O)=O)cc1C(F)(F)F.CCc1ccc(S(C)=O)cc1. The highest BCUT2D eigenvalue weighted by Gasteiger charge is 2.47. The van der Waals surface area contributed by atoms with Crippen molar-refractivity contribution in [3.05, 3.63) is 236 Å². The summed E-state index contributed by atoms with van der Waals surface area (Å²) in [7, 11) is -23.3. The van der Waals surface area contributed by atoms with Crippen LogP contribution in [0.5, 0.6) is 0 Å². The number of alkyl halides is 12. The molecule has 110 heavy (non-hydrogen) atoms. The maximum atomic E-state index is 12.7. The summed E-state index contributed by atoms with van der Waals surface area (Å²) in [6.07, 6.45) is -3.78. The molecule has 0 saturated carbocycles. The molecule has 8 aromatic rings. The summed E-state index contributed by atoms with van der Waals surface area (Å²) in [4.78, 5) is -0.366. The predicted molar refractivity (Wildman–Crippen MR) is 411 cm³/mol. The molecule has 0 spiro atoms. The number of rotatable bonds is 17. The molecular formula is C76H92ClF12NO13S7. The Hall–Kier alpha value is -7.14. The third kappa shape index (κ3) is 33.3. The van der Waals surface area contributed by atoms with Crippen LogP contribution in [-0.2, 0) is 140 Å². The van der Waals surface area contributed by atoms with Gasteiger partial charge in [0.05, 0.1) is 57.6 Å². The number of anilines is 1. The van der Waals surface area contributed by atoms with E-state index >= 15 is 0 Å². The second-order valence-corrected chi connectivity index (χ2v) is 38.0. The minimum Gasteiger partial charge on any atom is -0.399 e. The third-order valence-corrected chi connectivity index (χ3v) is 25.4. The molecule has 0 aromatic heterocycles. The van der Waals surface area contributed by atoms with Gasteiger partial charge in [-0.2, -0.15) is 52.7 Å². The molecule has 0 saturated heterocycles. The Bertz CT molecular complexity index is 5010. The van der Waals surface area contributed by atoms with Gasteiger partial charge in [-0.15, -0.1) is 0 Å². The summed E-state index contributed by atoms with van der Waals surface area (Å²) in [5.41, 5.74) is 4.46. The summed E-state index contributed by atoms with van der Waals surface area (Å²) in [5, 5.41) is 0.530.